The molecule has 4 rings (SSSR count). The van der Waals surface area contributed by atoms with E-state index < -0.39 is 0 Å². The third-order valence-corrected chi connectivity index (χ3v) is 7.08. The van der Waals surface area contributed by atoms with Gasteiger partial charge in [-0.1, -0.05) is 34.5 Å². The first-order valence-corrected chi connectivity index (χ1v) is 12.5. The van der Waals surface area contributed by atoms with Crippen molar-refractivity contribution >= 4 is 43.5 Å². The number of aromatic nitrogens is 1. The van der Waals surface area contributed by atoms with Gasteiger partial charge < -0.3 is 10.6 Å². The lowest BCUT2D eigenvalue weighted by Crippen LogP contribution is -2.32. The molecule has 6 heteroatoms. The number of rotatable bonds is 3. The van der Waals surface area contributed by atoms with Crippen molar-refractivity contribution in [2.24, 2.45) is 5.92 Å². The van der Waals surface area contributed by atoms with Gasteiger partial charge in [-0.15, -0.1) is 0 Å². The summed E-state index contributed by atoms with van der Waals surface area (Å²) in [6, 6.07) is 6.44. The van der Waals surface area contributed by atoms with Gasteiger partial charge in [0.25, 0.3) is 0 Å². The van der Waals surface area contributed by atoms with Gasteiger partial charge in [0.05, 0.1) is 5.69 Å². The Balaban J connectivity index is 0.000000431. The fourth-order valence-electron chi connectivity index (χ4n) is 4.46. The molecule has 3 nitrogen and oxygen atoms in total. The summed E-state index contributed by atoms with van der Waals surface area (Å²) in [7, 11) is 1.96. The maximum absolute atomic E-state index is 6.34. The molecule has 1 fully saturated rings. The van der Waals surface area contributed by atoms with E-state index in [0.717, 1.165) is 46.4 Å². The largest absolute Gasteiger partial charge is 0.320 e. The zero-order chi connectivity index (χ0) is 20.8. The fraction of sp³-hybridized carbons (Fsp3) is 0.522. The van der Waals surface area contributed by atoms with Gasteiger partial charge in [-0.2, -0.15) is 0 Å². The van der Waals surface area contributed by atoms with Crippen LogP contribution in [0.1, 0.15) is 54.5 Å². The Bertz CT molecular complexity index is 820. The predicted octanol–water partition coefficient (Wildman–Crippen LogP) is 6.11. The molecular formula is C23H30Br2ClN3. The highest BCUT2D eigenvalue weighted by Crippen LogP contribution is 2.45. The molecule has 2 N–H and O–H groups in total. The topological polar surface area (TPSA) is 37.0 Å². The summed E-state index contributed by atoms with van der Waals surface area (Å²) in [5.41, 5.74) is 5.39. The number of pyridine rings is 1. The minimum Gasteiger partial charge on any atom is -0.320 e. The number of hydrogen-bond donors (Lipinski definition) is 2. The van der Waals surface area contributed by atoms with E-state index in [1.165, 1.54) is 41.6 Å². The van der Waals surface area contributed by atoms with Gasteiger partial charge in [0.15, 0.2) is 0 Å². The van der Waals surface area contributed by atoms with Gasteiger partial charge in [0, 0.05) is 26.1 Å². The van der Waals surface area contributed by atoms with E-state index in [2.05, 4.69) is 61.5 Å². The van der Waals surface area contributed by atoms with Crippen LogP contribution in [0.3, 0.4) is 0 Å². The second-order valence-electron chi connectivity index (χ2n) is 7.83. The van der Waals surface area contributed by atoms with Crippen molar-refractivity contribution in [3.63, 3.8) is 0 Å². The van der Waals surface area contributed by atoms with Crippen molar-refractivity contribution in [2.75, 3.05) is 26.7 Å². The van der Waals surface area contributed by atoms with Gasteiger partial charge in [0.2, 0.25) is 0 Å². The van der Waals surface area contributed by atoms with E-state index >= 15 is 0 Å². The molecule has 1 aliphatic carbocycles. The average molecular weight is 544 g/mol. The van der Waals surface area contributed by atoms with E-state index in [1.807, 2.05) is 19.3 Å². The van der Waals surface area contributed by atoms with Crippen molar-refractivity contribution in [1.29, 1.82) is 0 Å². The molecule has 0 bridgehead atoms. The van der Waals surface area contributed by atoms with Crippen LogP contribution in [0.5, 0.6) is 0 Å². The predicted molar refractivity (Wildman–Crippen MR) is 130 cm³/mol. The average Bonchev–Trinajstić information content (AvgIpc) is 2.86. The summed E-state index contributed by atoms with van der Waals surface area (Å²) in [6.07, 6.45) is 7.59. The molecule has 1 aromatic carbocycles. The smallest absolute Gasteiger partial charge is 0.0514 e. The first-order chi connectivity index (χ1) is 14.0. The van der Waals surface area contributed by atoms with Crippen LogP contribution in [-0.2, 0) is 12.8 Å². The van der Waals surface area contributed by atoms with Crippen LogP contribution in [-0.4, -0.2) is 31.7 Å². The SMILES string of the molecule is CCCNC.Clc1cc(Br)c2c(c1)CCc1cc(Br)cnc1[C@@H]2C1CCNCC1. The van der Waals surface area contributed by atoms with Crippen LogP contribution in [0, 0.1) is 5.92 Å². The lowest BCUT2D eigenvalue weighted by Gasteiger charge is -2.32. The number of nitrogens with zero attached hydrogens (tertiary/aromatic N) is 1. The molecule has 0 spiro atoms. The van der Waals surface area contributed by atoms with Crippen LogP contribution in [0.15, 0.2) is 33.3 Å². The Morgan fingerprint density at radius 1 is 1.14 bits per heavy atom. The van der Waals surface area contributed by atoms with Crippen molar-refractivity contribution in [2.45, 2.75) is 44.9 Å². The molecule has 1 saturated heterocycles. The number of piperidine rings is 1. The molecule has 158 valence electrons. The number of aryl methyl sites for hydroxylation is 2. The second-order valence-corrected chi connectivity index (χ2v) is 10.0. The van der Waals surface area contributed by atoms with Crippen molar-refractivity contribution < 1.29 is 0 Å². The number of halogens is 3. The molecule has 29 heavy (non-hydrogen) atoms. The Morgan fingerprint density at radius 3 is 2.52 bits per heavy atom. The minimum atomic E-state index is 0.347. The summed E-state index contributed by atoms with van der Waals surface area (Å²) in [5.74, 6) is 0.965. The van der Waals surface area contributed by atoms with Crippen LogP contribution in [0.4, 0.5) is 0 Å². The minimum absolute atomic E-state index is 0.347. The number of benzene rings is 1. The highest BCUT2D eigenvalue weighted by Gasteiger charge is 2.34. The van der Waals surface area contributed by atoms with Gasteiger partial charge in [-0.3, -0.25) is 4.98 Å². The summed E-state index contributed by atoms with van der Waals surface area (Å²) in [5, 5.41) is 7.32. The fourth-order valence-corrected chi connectivity index (χ4v) is 5.96. The van der Waals surface area contributed by atoms with E-state index in [-0.39, 0.29) is 0 Å². The standard InChI is InChI=1S/C19H19Br2ClN2.C4H11N/c20-14-7-13-2-1-12-8-15(22)9-16(21)17(12)18(19(13)24-10-14)11-3-5-23-6-4-11;1-3-4-5-2/h7-11,18,23H,1-6H2;5H,3-4H2,1-2H3/t18-;/m1./s1. The van der Waals surface area contributed by atoms with Crippen LogP contribution in [0.25, 0.3) is 0 Å². The van der Waals surface area contributed by atoms with Crippen LogP contribution < -0.4 is 10.6 Å². The number of nitrogens with one attached hydrogen (secondary N) is 2. The molecule has 2 aliphatic rings. The molecule has 2 heterocycles. The van der Waals surface area contributed by atoms with Gasteiger partial charge in [-0.05, 0) is 116 Å². The Kier molecular flexibility index (Phi) is 9.00. The van der Waals surface area contributed by atoms with E-state index in [9.17, 15) is 0 Å². The molecule has 1 atom stereocenters. The first-order valence-electron chi connectivity index (χ1n) is 10.5. The van der Waals surface area contributed by atoms with Gasteiger partial charge >= 0.3 is 0 Å². The highest BCUT2D eigenvalue weighted by atomic mass is 79.9. The Hall–Kier alpha value is -0.460. The lowest BCUT2D eigenvalue weighted by atomic mass is 9.77. The molecule has 2 aromatic rings. The Labute approximate surface area is 196 Å². The second kappa shape index (κ2) is 11.2. The summed E-state index contributed by atoms with van der Waals surface area (Å²) >= 11 is 13.7. The van der Waals surface area contributed by atoms with Crippen molar-refractivity contribution in [3.8, 4) is 0 Å². The number of hydrogen-bond acceptors (Lipinski definition) is 3. The molecule has 1 aliphatic heterocycles. The molecule has 0 unspecified atom stereocenters. The molecular weight excluding hydrogens is 514 g/mol. The zero-order valence-corrected chi connectivity index (χ0v) is 21.1. The quantitative estimate of drug-likeness (QED) is 0.491. The lowest BCUT2D eigenvalue weighted by molar-refractivity contribution is 0.338. The third-order valence-electron chi connectivity index (χ3n) is 5.77. The van der Waals surface area contributed by atoms with Crippen LogP contribution >= 0.6 is 43.5 Å². The monoisotopic (exact) mass is 541 g/mol. The van der Waals surface area contributed by atoms with E-state index in [1.54, 1.807) is 0 Å². The normalized spacial score (nSPS) is 18.9. The molecule has 0 radical (unpaired) electrons. The Morgan fingerprint density at radius 2 is 1.86 bits per heavy atom. The first kappa shape index (κ1) is 23.2. The molecule has 1 aromatic heterocycles. The summed E-state index contributed by atoms with van der Waals surface area (Å²) in [6.45, 7) is 5.47. The van der Waals surface area contributed by atoms with Crippen LogP contribution in [0.2, 0.25) is 5.02 Å². The van der Waals surface area contributed by atoms with Crippen molar-refractivity contribution in [3.05, 3.63) is 60.7 Å². The zero-order valence-electron chi connectivity index (χ0n) is 17.2. The van der Waals surface area contributed by atoms with Crippen molar-refractivity contribution in [1.82, 2.24) is 15.6 Å². The maximum atomic E-state index is 6.34. The van der Waals surface area contributed by atoms with E-state index in [0.29, 0.717) is 11.8 Å². The third kappa shape index (κ3) is 5.82. The summed E-state index contributed by atoms with van der Waals surface area (Å²) in [4.78, 5) is 4.88. The number of fused-ring (bicyclic) bond motifs is 2. The summed E-state index contributed by atoms with van der Waals surface area (Å²) < 4.78 is 2.19. The maximum Gasteiger partial charge on any atom is 0.0514 e. The highest BCUT2D eigenvalue weighted by molar-refractivity contribution is 9.10. The molecule has 0 amide bonds. The van der Waals surface area contributed by atoms with Gasteiger partial charge in [-0.25, -0.2) is 0 Å². The molecule has 0 saturated carbocycles. The van der Waals surface area contributed by atoms with E-state index in [4.69, 9.17) is 16.6 Å². The van der Waals surface area contributed by atoms with Gasteiger partial charge in [0.1, 0.15) is 0 Å².